The van der Waals surface area contributed by atoms with Crippen LogP contribution in [0, 0.1) is 0 Å². The molecule has 107 valence electrons. The van der Waals surface area contributed by atoms with Crippen molar-refractivity contribution < 1.29 is 19.0 Å². The zero-order valence-electron chi connectivity index (χ0n) is 9.81. The Bertz CT molecular complexity index is 384. The summed E-state index contributed by atoms with van der Waals surface area (Å²) >= 11 is 4.74. The van der Waals surface area contributed by atoms with Crippen LogP contribution in [-0.2, 0) is 20.6 Å². The second-order valence-corrected chi connectivity index (χ2v) is 15.3. The summed E-state index contributed by atoms with van der Waals surface area (Å²) in [6.07, 6.45) is 0.441. The molecule has 1 aromatic rings. The molecule has 0 bridgehead atoms. The number of carbonyl (C=O) groups is 1. The van der Waals surface area contributed by atoms with Crippen LogP contribution in [0.15, 0.2) is 24.3 Å². The molecule has 0 radical (unpaired) electrons. The van der Waals surface area contributed by atoms with Crippen LogP contribution in [0.25, 0.3) is 0 Å². The second-order valence-electron chi connectivity index (χ2n) is 3.55. The molecule has 0 saturated carbocycles. The van der Waals surface area contributed by atoms with E-state index in [-0.39, 0.29) is 24.5 Å². The van der Waals surface area contributed by atoms with E-state index >= 15 is 0 Å². The van der Waals surface area contributed by atoms with Gasteiger partial charge in [0.25, 0.3) is 0 Å². The first kappa shape index (κ1) is 19.6. The Morgan fingerprint density at radius 2 is 2.00 bits per heavy atom. The predicted octanol–water partition coefficient (Wildman–Crippen LogP) is 2.81. The molecule has 0 aliphatic carbocycles. The minimum atomic E-state index is -0.333. The number of ether oxygens (including phenoxy) is 1. The van der Waals surface area contributed by atoms with E-state index in [1.165, 1.54) is 0 Å². The summed E-state index contributed by atoms with van der Waals surface area (Å²) in [6.45, 7) is 0.440. The van der Waals surface area contributed by atoms with Gasteiger partial charge >= 0.3 is 55.5 Å². The first-order valence-corrected chi connectivity index (χ1v) is 14.1. The average molecular weight is 548 g/mol. The van der Waals surface area contributed by atoms with Crippen molar-refractivity contribution in [2.75, 3.05) is 12.0 Å². The van der Waals surface area contributed by atoms with Crippen molar-refractivity contribution in [2.24, 2.45) is 5.84 Å². The van der Waals surface area contributed by atoms with Crippen LogP contribution in [0.2, 0.25) is 0 Å². The number of hydrogen-bond acceptors (Lipinski definition) is 4. The molecule has 1 atom stereocenters. The number of nitrogens with one attached hydrogen (secondary N) is 2. The van der Waals surface area contributed by atoms with Gasteiger partial charge in [-0.15, -0.1) is 12.4 Å². The van der Waals surface area contributed by atoms with Gasteiger partial charge in [0.2, 0.25) is 0 Å². The van der Waals surface area contributed by atoms with E-state index in [0.29, 0.717) is 16.1 Å². The third-order valence-electron chi connectivity index (χ3n) is 2.34. The number of hydrogen-bond donors (Lipinski definition) is 3. The quantitative estimate of drug-likeness (QED) is 0.309. The average Bonchev–Trinajstić information content (AvgIpc) is 2.77. The zero-order valence-corrected chi connectivity index (χ0v) is 16.3. The zero-order chi connectivity index (χ0) is 13.4. The topological polar surface area (TPSA) is 76.4 Å². The Hall–Kier alpha value is 0.584. The van der Waals surface area contributed by atoms with Gasteiger partial charge in [0, 0.05) is 5.69 Å². The van der Waals surface area contributed by atoms with Crippen molar-refractivity contribution in [3.8, 4) is 0 Å². The molecule has 1 aliphatic heterocycles. The number of rotatable bonds is 3. The number of anilines is 1. The number of amides is 1. The summed E-state index contributed by atoms with van der Waals surface area (Å²) in [5.41, 5.74) is 4.57. The van der Waals surface area contributed by atoms with Gasteiger partial charge in [0.1, 0.15) is 6.61 Å². The van der Waals surface area contributed by atoms with E-state index in [2.05, 4.69) is 50.7 Å². The summed E-state index contributed by atoms with van der Waals surface area (Å²) in [5.74, 6) is 5.25. The van der Waals surface area contributed by atoms with Crippen LogP contribution < -0.4 is 16.6 Å². The van der Waals surface area contributed by atoms with E-state index in [1.807, 2.05) is 24.3 Å². The Balaban J connectivity index is 0.000000742. The van der Waals surface area contributed by atoms with Crippen molar-refractivity contribution >= 4 is 64.1 Å². The number of halogens is 3. The molecule has 4 N–H and O–H groups in total. The third-order valence-corrected chi connectivity index (χ3v) is 2.34. The maximum atomic E-state index is 10.8. The van der Waals surface area contributed by atoms with Crippen LogP contribution >= 0.6 is 52.4 Å². The third kappa shape index (κ3) is 7.81. The van der Waals surface area contributed by atoms with Crippen LogP contribution in [0.3, 0.4) is 0 Å². The second kappa shape index (κ2) is 11.3. The molecule has 1 amide bonds. The molecule has 1 saturated heterocycles. The van der Waals surface area contributed by atoms with Gasteiger partial charge in [0.15, 0.2) is 0 Å². The van der Waals surface area contributed by atoms with Gasteiger partial charge in [-0.25, -0.2) is 4.79 Å². The Kier molecular flexibility index (Phi) is 11.6. The summed E-state index contributed by atoms with van der Waals surface area (Å²) in [4.78, 5) is 10.8. The van der Waals surface area contributed by atoms with Crippen molar-refractivity contribution in [1.29, 1.82) is 0 Å². The molecule has 1 fully saturated rings. The Labute approximate surface area is 147 Å². The number of benzene rings is 1. The monoisotopic (exact) mass is 548 g/mol. The normalized spacial score (nSPS) is 16.2. The summed E-state index contributed by atoms with van der Waals surface area (Å²) < 4.78 is 4.80. The van der Waals surface area contributed by atoms with Crippen molar-refractivity contribution in [1.82, 2.24) is 5.32 Å². The van der Waals surface area contributed by atoms with Crippen molar-refractivity contribution in [2.45, 2.75) is 12.5 Å². The minimum absolute atomic E-state index is 0. The van der Waals surface area contributed by atoms with E-state index in [9.17, 15) is 4.79 Å². The van der Waals surface area contributed by atoms with Gasteiger partial charge < -0.3 is 15.5 Å². The standard InChI is InChI=1S/C10H13N3O2.ClH.2HI.V/c11-13-8-3-1-7(2-4-8)5-9-6-15-10(14)12-9;;;;/h1-4,9,13H,5-6,11H2,(H,12,14);3*1H;/q;;;;+2/p-2/t9-;;;;/m0..../s1. The maximum absolute atomic E-state index is 10.8. The van der Waals surface area contributed by atoms with Gasteiger partial charge in [-0.05, 0) is 24.1 Å². The number of carbonyl (C=O) groups excluding carboxylic acids is 1. The molecule has 5 nitrogen and oxygen atoms in total. The van der Waals surface area contributed by atoms with Crippen molar-refractivity contribution in [3.63, 3.8) is 0 Å². The molecule has 0 spiro atoms. The molecule has 0 unspecified atom stereocenters. The fourth-order valence-corrected chi connectivity index (χ4v) is 1.56. The predicted molar refractivity (Wildman–Crippen MR) is 91.5 cm³/mol. The number of cyclic esters (lactones) is 1. The Morgan fingerprint density at radius 1 is 1.42 bits per heavy atom. The molecule has 1 aliphatic rings. The van der Waals surface area contributed by atoms with E-state index in [1.54, 1.807) is 0 Å². The first-order chi connectivity index (χ1) is 8.69. The summed E-state index contributed by atoms with van der Waals surface area (Å²) in [7, 11) is 0.628. The molecule has 1 heterocycles. The van der Waals surface area contributed by atoms with E-state index in [4.69, 9.17) is 10.6 Å². The number of hydrazine groups is 1. The molecular weight excluding hydrogens is 534 g/mol. The van der Waals surface area contributed by atoms with Crippen LogP contribution in [0.4, 0.5) is 10.5 Å². The molecule has 19 heavy (non-hydrogen) atoms. The van der Waals surface area contributed by atoms with Gasteiger partial charge in [-0.2, -0.15) is 0 Å². The number of alkyl carbamates (subject to hydrolysis) is 1. The number of nitrogens with two attached hydrogens (primary N) is 1. The van der Waals surface area contributed by atoms with Crippen LogP contribution in [-0.4, -0.2) is 18.7 Å². The molecule has 9 heteroatoms. The van der Waals surface area contributed by atoms with Crippen molar-refractivity contribution in [3.05, 3.63) is 29.8 Å². The molecule has 1 aromatic carbocycles. The summed E-state index contributed by atoms with van der Waals surface area (Å²) in [5, 5.41) is 2.73. The van der Waals surface area contributed by atoms with Gasteiger partial charge in [0.05, 0.1) is 6.04 Å². The SMILES string of the molecule is Cl.NNc1ccc(C[C@H]2COC(=O)N2)cc1.[I][V][I]. The van der Waals surface area contributed by atoms with Crippen LogP contribution in [0.1, 0.15) is 5.56 Å². The van der Waals surface area contributed by atoms with Gasteiger partial charge in [-0.3, -0.25) is 5.84 Å². The first-order valence-electron chi connectivity index (χ1n) is 5.10. The fraction of sp³-hybridized carbons (Fsp3) is 0.300. The van der Waals surface area contributed by atoms with E-state index < -0.39 is 0 Å². The number of nitrogen functional groups attached to an aromatic ring is 1. The van der Waals surface area contributed by atoms with Crippen LogP contribution in [0.5, 0.6) is 0 Å². The summed E-state index contributed by atoms with van der Waals surface area (Å²) in [6, 6.07) is 7.81. The van der Waals surface area contributed by atoms with Gasteiger partial charge in [-0.1, -0.05) is 12.1 Å². The molecule has 0 aromatic heterocycles. The van der Waals surface area contributed by atoms with E-state index in [0.717, 1.165) is 17.7 Å². The molecule has 2 rings (SSSR count). The molecular formula is C10H14ClI2N3O2V. The fourth-order valence-electron chi connectivity index (χ4n) is 1.56. The Morgan fingerprint density at radius 3 is 2.42 bits per heavy atom.